The van der Waals surface area contributed by atoms with Crippen LogP contribution >= 0.6 is 0 Å². The summed E-state index contributed by atoms with van der Waals surface area (Å²) in [5.41, 5.74) is 2.07. The van der Waals surface area contributed by atoms with Gasteiger partial charge in [-0.15, -0.1) is 0 Å². The van der Waals surface area contributed by atoms with Crippen LogP contribution in [0.1, 0.15) is 31.2 Å². The first-order chi connectivity index (χ1) is 14.6. The van der Waals surface area contributed by atoms with Crippen molar-refractivity contribution in [2.24, 2.45) is 0 Å². The monoisotopic (exact) mass is 410 g/mol. The van der Waals surface area contributed by atoms with Crippen molar-refractivity contribution in [2.45, 2.75) is 43.2 Å². The average molecular weight is 411 g/mol. The van der Waals surface area contributed by atoms with E-state index in [1.165, 1.54) is 5.56 Å². The lowest BCUT2D eigenvalue weighted by molar-refractivity contribution is 0.156. The number of fused-ring (bicyclic) bond motifs is 1. The summed E-state index contributed by atoms with van der Waals surface area (Å²) in [5.74, 6) is 1.52. The van der Waals surface area contributed by atoms with Crippen LogP contribution in [0.15, 0.2) is 42.7 Å². The molecule has 0 unspecified atom stereocenters. The minimum Gasteiger partial charge on any atom is -0.493 e. The van der Waals surface area contributed by atoms with Crippen LogP contribution in [0.3, 0.4) is 0 Å². The Morgan fingerprint density at radius 2 is 2.03 bits per heavy atom. The van der Waals surface area contributed by atoms with Crippen molar-refractivity contribution in [3.8, 4) is 11.5 Å². The van der Waals surface area contributed by atoms with Crippen LogP contribution in [0.4, 0.5) is 10.5 Å². The normalized spacial score (nSPS) is 26.0. The zero-order valence-corrected chi connectivity index (χ0v) is 17.9. The van der Waals surface area contributed by atoms with Gasteiger partial charge in [0.25, 0.3) is 0 Å². The van der Waals surface area contributed by atoms with E-state index in [1.807, 2.05) is 12.1 Å². The molecule has 2 aliphatic rings. The molecule has 1 saturated heterocycles. The summed E-state index contributed by atoms with van der Waals surface area (Å²) >= 11 is 0. The predicted octanol–water partition coefficient (Wildman–Crippen LogP) is 3.41. The molecule has 0 spiro atoms. The molecule has 0 radical (unpaired) electrons. The van der Waals surface area contributed by atoms with E-state index in [9.17, 15) is 4.79 Å². The molecule has 1 aliphatic carbocycles. The van der Waals surface area contributed by atoms with Gasteiger partial charge in [-0.2, -0.15) is 0 Å². The summed E-state index contributed by atoms with van der Waals surface area (Å²) in [7, 11) is 5.53. The average Bonchev–Trinajstić information content (AvgIpc) is 3.11. The number of ether oxygens (including phenoxy) is 2. The Morgan fingerprint density at radius 3 is 2.77 bits per heavy atom. The molecule has 1 aliphatic heterocycles. The lowest BCUT2D eigenvalue weighted by atomic mass is 9.65. The molecule has 3 atom stereocenters. The molecule has 2 fully saturated rings. The number of nitrogens with one attached hydrogen (secondary N) is 2. The van der Waals surface area contributed by atoms with E-state index in [4.69, 9.17) is 9.47 Å². The SMILES string of the molecule is COc1ccc([C@@]23CC[C@@H](NC(=O)Nc4cccnc4)C[C@@H]2N(C)CC3)cc1OC. The number of amides is 2. The largest absolute Gasteiger partial charge is 0.493 e. The summed E-state index contributed by atoms with van der Waals surface area (Å²) in [4.78, 5) is 18.9. The Hall–Kier alpha value is -2.80. The maximum atomic E-state index is 12.5. The third-order valence-electron chi connectivity index (χ3n) is 6.74. The molecule has 1 aromatic heterocycles. The molecule has 2 amide bonds. The molecular formula is C23H30N4O3. The van der Waals surface area contributed by atoms with E-state index in [2.05, 4.69) is 39.7 Å². The Bertz CT molecular complexity index is 891. The standard InChI is InChI=1S/C23H30N4O3/c1-27-12-10-23(16-6-7-19(29-2)20(13-16)30-3)9-8-17(14-21(23)27)25-22(28)26-18-5-4-11-24-15-18/h4-7,11,13,15,17,21H,8-10,12,14H2,1-3H3,(H2,25,26,28)/t17-,21+,23+/m1/s1. The van der Waals surface area contributed by atoms with Gasteiger partial charge in [0.1, 0.15) is 0 Å². The maximum Gasteiger partial charge on any atom is 0.319 e. The molecule has 30 heavy (non-hydrogen) atoms. The van der Waals surface area contributed by atoms with Gasteiger partial charge >= 0.3 is 6.03 Å². The van der Waals surface area contributed by atoms with Crippen LogP contribution in [-0.4, -0.2) is 55.8 Å². The fourth-order valence-corrected chi connectivity index (χ4v) is 5.18. The van der Waals surface area contributed by atoms with Gasteiger partial charge in [0.2, 0.25) is 0 Å². The van der Waals surface area contributed by atoms with Gasteiger partial charge in [0.15, 0.2) is 11.5 Å². The second kappa shape index (κ2) is 8.52. The summed E-state index contributed by atoms with van der Waals surface area (Å²) in [6.45, 7) is 1.05. The molecule has 4 rings (SSSR count). The van der Waals surface area contributed by atoms with E-state index >= 15 is 0 Å². The number of anilines is 1. The number of hydrogen-bond acceptors (Lipinski definition) is 5. The van der Waals surface area contributed by atoms with Crippen LogP contribution in [0.25, 0.3) is 0 Å². The maximum absolute atomic E-state index is 12.5. The van der Waals surface area contributed by atoms with Crippen molar-refractivity contribution >= 4 is 11.7 Å². The van der Waals surface area contributed by atoms with E-state index < -0.39 is 0 Å². The minimum atomic E-state index is -0.174. The Morgan fingerprint density at radius 1 is 1.20 bits per heavy atom. The van der Waals surface area contributed by atoms with Crippen molar-refractivity contribution in [1.29, 1.82) is 0 Å². The lowest BCUT2D eigenvalue weighted by Gasteiger charge is -2.45. The van der Waals surface area contributed by atoms with E-state index in [0.29, 0.717) is 11.7 Å². The fraction of sp³-hybridized carbons (Fsp3) is 0.478. The molecule has 2 N–H and O–H groups in total. The molecule has 1 aromatic carbocycles. The first-order valence-corrected chi connectivity index (χ1v) is 10.5. The number of carbonyl (C=O) groups excluding carboxylic acids is 1. The third-order valence-corrected chi connectivity index (χ3v) is 6.74. The summed E-state index contributed by atoms with van der Waals surface area (Å²) in [5, 5.41) is 6.03. The molecule has 2 heterocycles. The third kappa shape index (κ3) is 3.81. The number of pyridine rings is 1. The number of aromatic nitrogens is 1. The molecule has 1 saturated carbocycles. The fourth-order valence-electron chi connectivity index (χ4n) is 5.18. The number of hydrogen-bond donors (Lipinski definition) is 2. The van der Waals surface area contributed by atoms with E-state index in [-0.39, 0.29) is 17.5 Å². The van der Waals surface area contributed by atoms with Crippen molar-refractivity contribution in [3.63, 3.8) is 0 Å². The van der Waals surface area contributed by atoms with Gasteiger partial charge in [0.05, 0.1) is 26.1 Å². The van der Waals surface area contributed by atoms with Crippen molar-refractivity contribution in [3.05, 3.63) is 48.3 Å². The smallest absolute Gasteiger partial charge is 0.319 e. The Balaban J connectivity index is 1.49. The number of nitrogens with zero attached hydrogens (tertiary/aromatic N) is 2. The highest BCUT2D eigenvalue weighted by Gasteiger charge is 2.50. The molecule has 7 nitrogen and oxygen atoms in total. The van der Waals surface area contributed by atoms with Crippen LogP contribution in [0, 0.1) is 0 Å². The molecular weight excluding hydrogens is 380 g/mol. The number of rotatable bonds is 5. The number of benzene rings is 1. The highest BCUT2D eigenvalue weighted by Crippen LogP contribution is 2.49. The Kier molecular flexibility index (Phi) is 5.81. The van der Waals surface area contributed by atoms with Crippen LogP contribution < -0.4 is 20.1 Å². The molecule has 160 valence electrons. The van der Waals surface area contributed by atoms with E-state index in [1.54, 1.807) is 32.7 Å². The van der Waals surface area contributed by atoms with Crippen molar-refractivity contribution < 1.29 is 14.3 Å². The van der Waals surface area contributed by atoms with Crippen molar-refractivity contribution in [2.75, 3.05) is 33.1 Å². The topological polar surface area (TPSA) is 75.7 Å². The van der Waals surface area contributed by atoms with Gasteiger partial charge in [-0.25, -0.2) is 4.79 Å². The summed E-state index contributed by atoms with van der Waals surface area (Å²) < 4.78 is 11.0. The second-order valence-electron chi connectivity index (χ2n) is 8.28. The number of urea groups is 1. The van der Waals surface area contributed by atoms with Crippen molar-refractivity contribution in [1.82, 2.24) is 15.2 Å². The Labute approximate surface area is 177 Å². The van der Waals surface area contributed by atoms with Crippen LogP contribution in [0.2, 0.25) is 0 Å². The van der Waals surface area contributed by atoms with Gasteiger partial charge < -0.3 is 25.0 Å². The van der Waals surface area contributed by atoms with Gasteiger partial charge in [-0.1, -0.05) is 6.07 Å². The zero-order valence-electron chi connectivity index (χ0n) is 17.9. The van der Waals surface area contributed by atoms with Gasteiger partial charge in [0, 0.05) is 23.7 Å². The number of likely N-dealkylation sites (tertiary alicyclic amines) is 1. The molecule has 7 heteroatoms. The molecule has 0 bridgehead atoms. The van der Waals surface area contributed by atoms with Gasteiger partial charge in [-0.3, -0.25) is 4.98 Å². The quantitative estimate of drug-likeness (QED) is 0.790. The van der Waals surface area contributed by atoms with Gasteiger partial charge in [-0.05, 0) is 69.1 Å². The molecule has 2 aromatic rings. The second-order valence-corrected chi connectivity index (χ2v) is 8.28. The zero-order chi connectivity index (χ0) is 21.1. The van der Waals surface area contributed by atoms with Crippen LogP contribution in [0.5, 0.6) is 11.5 Å². The van der Waals surface area contributed by atoms with E-state index in [0.717, 1.165) is 43.7 Å². The van der Waals surface area contributed by atoms with Crippen LogP contribution in [-0.2, 0) is 5.41 Å². The predicted molar refractivity (Wildman–Crippen MR) is 116 cm³/mol. The number of likely N-dealkylation sites (N-methyl/N-ethyl adjacent to an activating group) is 1. The first-order valence-electron chi connectivity index (χ1n) is 10.5. The first kappa shape index (κ1) is 20.5. The number of carbonyl (C=O) groups is 1. The highest BCUT2D eigenvalue weighted by molar-refractivity contribution is 5.89. The lowest BCUT2D eigenvalue weighted by Crippen LogP contribution is -2.52. The highest BCUT2D eigenvalue weighted by atomic mass is 16.5. The summed E-state index contributed by atoms with van der Waals surface area (Å²) in [6, 6.07) is 10.3. The number of methoxy groups -OCH3 is 2. The minimum absolute atomic E-state index is 0.0757. The summed E-state index contributed by atoms with van der Waals surface area (Å²) in [6.07, 6.45) is 7.33.